The maximum absolute atomic E-state index is 5.13. The molecular weight excluding hydrogens is 238 g/mol. The lowest BCUT2D eigenvalue weighted by molar-refractivity contribution is 0.197. The number of ether oxygens (including phenoxy) is 1. The van der Waals surface area contributed by atoms with E-state index in [0.29, 0.717) is 19.0 Å². The average molecular weight is 259 g/mol. The number of nitrogens with zero attached hydrogens (tertiary/aromatic N) is 2. The lowest BCUT2D eigenvalue weighted by Gasteiger charge is -2.15. The first-order valence-corrected chi connectivity index (χ1v) is 6.65. The molecule has 1 aromatic rings. The highest BCUT2D eigenvalue weighted by molar-refractivity contribution is 7.99. The molecular formula is C11H21N3O2S. The van der Waals surface area contributed by atoms with Gasteiger partial charge in [-0.3, -0.25) is 0 Å². The van der Waals surface area contributed by atoms with Crippen LogP contribution in [0.15, 0.2) is 4.52 Å². The molecule has 0 aliphatic carbocycles. The van der Waals surface area contributed by atoms with Crippen molar-refractivity contribution in [3.8, 4) is 0 Å². The Morgan fingerprint density at radius 2 is 2.18 bits per heavy atom. The second-order valence-electron chi connectivity index (χ2n) is 4.67. The molecule has 0 amide bonds. The van der Waals surface area contributed by atoms with Gasteiger partial charge in [-0.1, -0.05) is 25.9 Å². The summed E-state index contributed by atoms with van der Waals surface area (Å²) in [7, 11) is 1.68. The zero-order valence-electron chi connectivity index (χ0n) is 10.9. The third kappa shape index (κ3) is 6.65. The monoisotopic (exact) mass is 259 g/mol. The summed E-state index contributed by atoms with van der Waals surface area (Å²) in [5.41, 5.74) is 0. The van der Waals surface area contributed by atoms with Crippen LogP contribution in [-0.2, 0) is 17.0 Å². The molecule has 0 spiro atoms. The molecule has 5 nitrogen and oxygen atoms in total. The SMILES string of the molecule is COCCNCc1nc(CSC(C)(C)C)no1. The van der Waals surface area contributed by atoms with Gasteiger partial charge < -0.3 is 14.6 Å². The third-order valence-corrected chi connectivity index (χ3v) is 3.17. The summed E-state index contributed by atoms with van der Waals surface area (Å²) in [6.07, 6.45) is 0. The van der Waals surface area contributed by atoms with Gasteiger partial charge >= 0.3 is 0 Å². The van der Waals surface area contributed by atoms with Crippen LogP contribution < -0.4 is 5.32 Å². The van der Waals surface area contributed by atoms with Crippen molar-refractivity contribution < 1.29 is 9.26 Å². The second kappa shape index (κ2) is 6.98. The lowest BCUT2D eigenvalue weighted by atomic mass is 10.3. The third-order valence-electron chi connectivity index (χ3n) is 1.90. The highest BCUT2D eigenvalue weighted by Gasteiger charge is 2.13. The van der Waals surface area contributed by atoms with Gasteiger partial charge in [0.2, 0.25) is 5.89 Å². The molecule has 0 fully saturated rings. The van der Waals surface area contributed by atoms with Gasteiger partial charge in [-0.15, -0.1) is 11.8 Å². The van der Waals surface area contributed by atoms with E-state index in [0.717, 1.165) is 18.1 Å². The number of methoxy groups -OCH3 is 1. The van der Waals surface area contributed by atoms with Crippen LogP contribution in [0, 0.1) is 0 Å². The predicted molar refractivity (Wildman–Crippen MR) is 68.9 cm³/mol. The fourth-order valence-corrected chi connectivity index (χ4v) is 1.75. The van der Waals surface area contributed by atoms with Gasteiger partial charge in [0.15, 0.2) is 5.82 Å². The van der Waals surface area contributed by atoms with E-state index in [4.69, 9.17) is 9.26 Å². The van der Waals surface area contributed by atoms with Crippen LogP contribution in [0.5, 0.6) is 0 Å². The van der Waals surface area contributed by atoms with Gasteiger partial charge in [0.05, 0.1) is 18.9 Å². The smallest absolute Gasteiger partial charge is 0.240 e. The van der Waals surface area contributed by atoms with E-state index >= 15 is 0 Å². The van der Waals surface area contributed by atoms with Gasteiger partial charge in [-0.25, -0.2) is 0 Å². The summed E-state index contributed by atoms with van der Waals surface area (Å²) >= 11 is 1.81. The molecule has 0 aliphatic rings. The highest BCUT2D eigenvalue weighted by Crippen LogP contribution is 2.25. The molecule has 0 atom stereocenters. The Morgan fingerprint density at radius 3 is 2.82 bits per heavy atom. The van der Waals surface area contributed by atoms with Crippen LogP contribution in [0.3, 0.4) is 0 Å². The van der Waals surface area contributed by atoms with Crippen LogP contribution in [0.2, 0.25) is 0 Å². The molecule has 1 heterocycles. The van der Waals surface area contributed by atoms with Crippen molar-refractivity contribution >= 4 is 11.8 Å². The minimum Gasteiger partial charge on any atom is -0.383 e. The average Bonchev–Trinajstić information content (AvgIpc) is 2.69. The Kier molecular flexibility index (Phi) is 5.94. The van der Waals surface area contributed by atoms with Crippen molar-refractivity contribution in [3.63, 3.8) is 0 Å². The van der Waals surface area contributed by atoms with Crippen LogP contribution >= 0.6 is 11.8 Å². The van der Waals surface area contributed by atoms with Gasteiger partial charge in [0.1, 0.15) is 0 Å². The molecule has 0 radical (unpaired) electrons. The zero-order chi connectivity index (χ0) is 12.7. The van der Waals surface area contributed by atoms with Crippen LogP contribution in [0.25, 0.3) is 0 Å². The molecule has 0 unspecified atom stereocenters. The molecule has 0 saturated heterocycles. The minimum atomic E-state index is 0.220. The summed E-state index contributed by atoms with van der Waals surface area (Å²) < 4.78 is 10.3. The summed E-state index contributed by atoms with van der Waals surface area (Å²) in [5, 5.41) is 7.10. The van der Waals surface area contributed by atoms with Crippen LogP contribution in [0.1, 0.15) is 32.5 Å². The van der Waals surface area contributed by atoms with Crippen molar-refractivity contribution in [2.45, 2.75) is 37.8 Å². The molecule has 17 heavy (non-hydrogen) atoms. The van der Waals surface area contributed by atoms with E-state index in [1.165, 1.54) is 0 Å². The Morgan fingerprint density at radius 1 is 1.41 bits per heavy atom. The highest BCUT2D eigenvalue weighted by atomic mass is 32.2. The summed E-state index contributed by atoms with van der Waals surface area (Å²) in [5.74, 6) is 2.17. The summed E-state index contributed by atoms with van der Waals surface area (Å²) in [6, 6.07) is 0. The molecule has 0 aliphatic heterocycles. The number of nitrogens with one attached hydrogen (secondary N) is 1. The largest absolute Gasteiger partial charge is 0.383 e. The standard InChI is InChI=1S/C11H21N3O2S/c1-11(2,3)17-8-9-13-10(16-14-9)7-12-5-6-15-4/h12H,5-8H2,1-4H3. The molecule has 0 bridgehead atoms. The molecule has 0 aromatic carbocycles. The number of hydrogen-bond acceptors (Lipinski definition) is 6. The van der Waals surface area contributed by atoms with Crippen LogP contribution in [0.4, 0.5) is 0 Å². The molecule has 6 heteroatoms. The number of rotatable bonds is 7. The van der Waals surface area contributed by atoms with E-state index in [9.17, 15) is 0 Å². The number of hydrogen-bond donors (Lipinski definition) is 1. The van der Waals surface area contributed by atoms with Gasteiger partial charge in [0, 0.05) is 18.4 Å². The zero-order valence-corrected chi connectivity index (χ0v) is 11.8. The van der Waals surface area contributed by atoms with E-state index in [2.05, 4.69) is 36.2 Å². The van der Waals surface area contributed by atoms with E-state index < -0.39 is 0 Å². The second-order valence-corrected chi connectivity index (χ2v) is 6.48. The van der Waals surface area contributed by atoms with E-state index in [-0.39, 0.29) is 4.75 Å². The Hall–Kier alpha value is -0.590. The van der Waals surface area contributed by atoms with Crippen molar-refractivity contribution in [1.29, 1.82) is 0 Å². The summed E-state index contributed by atoms with van der Waals surface area (Å²) in [4.78, 5) is 4.31. The topological polar surface area (TPSA) is 60.2 Å². The maximum atomic E-state index is 5.13. The van der Waals surface area contributed by atoms with Crippen molar-refractivity contribution in [3.05, 3.63) is 11.7 Å². The van der Waals surface area contributed by atoms with E-state index in [1.807, 2.05) is 0 Å². The Labute approximate surface area is 107 Å². The summed E-state index contributed by atoms with van der Waals surface area (Å²) in [6.45, 7) is 8.57. The van der Waals surface area contributed by atoms with Gasteiger partial charge in [-0.05, 0) is 0 Å². The Balaban J connectivity index is 2.28. The molecule has 1 aromatic heterocycles. The van der Waals surface area contributed by atoms with Crippen LogP contribution in [-0.4, -0.2) is 35.1 Å². The van der Waals surface area contributed by atoms with E-state index in [1.54, 1.807) is 18.9 Å². The molecule has 1 N–H and O–H groups in total. The fraction of sp³-hybridized carbons (Fsp3) is 0.818. The molecule has 0 saturated carbocycles. The first-order valence-electron chi connectivity index (χ1n) is 5.66. The molecule has 98 valence electrons. The lowest BCUT2D eigenvalue weighted by Crippen LogP contribution is -2.18. The quantitative estimate of drug-likeness (QED) is 0.754. The fourth-order valence-electron chi connectivity index (χ4n) is 1.07. The normalized spacial score (nSPS) is 12.0. The predicted octanol–water partition coefficient (Wildman–Crippen LogP) is 1.84. The van der Waals surface area contributed by atoms with Gasteiger partial charge in [-0.2, -0.15) is 4.98 Å². The first-order chi connectivity index (χ1) is 8.01. The molecule has 1 rings (SSSR count). The number of aromatic nitrogens is 2. The first kappa shape index (κ1) is 14.5. The van der Waals surface area contributed by atoms with Gasteiger partial charge in [0.25, 0.3) is 0 Å². The Bertz CT molecular complexity index is 323. The van der Waals surface area contributed by atoms with Crippen molar-refractivity contribution in [2.75, 3.05) is 20.3 Å². The van der Waals surface area contributed by atoms with Crippen molar-refractivity contribution in [1.82, 2.24) is 15.5 Å². The number of thioether (sulfide) groups is 1. The van der Waals surface area contributed by atoms with Crippen molar-refractivity contribution in [2.24, 2.45) is 0 Å². The maximum Gasteiger partial charge on any atom is 0.240 e. The minimum absolute atomic E-state index is 0.220.